The molecule has 3 atom stereocenters. The Morgan fingerprint density at radius 2 is 1.46 bits per heavy atom. The molecule has 13 nitrogen and oxygen atoms in total. The van der Waals surface area contributed by atoms with E-state index in [-0.39, 0.29) is 28.9 Å². The van der Waals surface area contributed by atoms with Crippen LogP contribution in [0.25, 0.3) is 11.2 Å². The molecule has 5 N–H and O–H groups in total. The highest BCUT2D eigenvalue weighted by Gasteiger charge is 2.47. The van der Waals surface area contributed by atoms with Crippen molar-refractivity contribution in [1.82, 2.24) is 19.5 Å². The molecule has 252 valence electrons. The molecule has 0 saturated heterocycles. The predicted molar refractivity (Wildman–Crippen MR) is 178 cm³/mol. The number of aromatic amines is 1. The van der Waals surface area contributed by atoms with Crippen LogP contribution in [-0.2, 0) is 14.9 Å². The molecule has 0 bridgehead atoms. The zero-order valence-corrected chi connectivity index (χ0v) is 27.0. The molecule has 2 heterocycles. The number of aliphatic hydroxyl groups excluding tert-OH is 3. The van der Waals surface area contributed by atoms with Crippen LogP contribution in [0.1, 0.15) is 36.8 Å². The van der Waals surface area contributed by atoms with Gasteiger partial charge in [0.2, 0.25) is 11.9 Å². The molecule has 0 aliphatic rings. The van der Waals surface area contributed by atoms with Crippen LogP contribution in [0.2, 0.25) is 0 Å². The number of hydrogen-bond acceptors (Lipinski definition) is 10. The van der Waals surface area contributed by atoms with E-state index in [4.69, 9.17) is 14.2 Å². The van der Waals surface area contributed by atoms with Gasteiger partial charge in [0, 0.05) is 5.92 Å². The van der Waals surface area contributed by atoms with Gasteiger partial charge in [0.05, 0.1) is 39.2 Å². The monoisotopic (exact) mass is 657 g/mol. The van der Waals surface area contributed by atoms with E-state index < -0.39 is 42.6 Å². The predicted octanol–water partition coefficient (Wildman–Crippen LogP) is 3.00. The minimum atomic E-state index is -1.47. The van der Waals surface area contributed by atoms with Crippen LogP contribution in [0.3, 0.4) is 0 Å². The molecule has 1 amide bonds. The second-order valence-electron chi connectivity index (χ2n) is 11.5. The third-order valence-corrected chi connectivity index (χ3v) is 8.29. The maximum Gasteiger partial charge on any atom is 0.280 e. The van der Waals surface area contributed by atoms with Gasteiger partial charge in [-0.25, -0.2) is 4.98 Å². The molecule has 0 aliphatic heterocycles. The van der Waals surface area contributed by atoms with Gasteiger partial charge < -0.3 is 29.5 Å². The average molecular weight is 658 g/mol. The highest BCUT2D eigenvalue weighted by molar-refractivity contribution is 5.91. The Kier molecular flexibility index (Phi) is 10.5. The van der Waals surface area contributed by atoms with E-state index in [0.717, 1.165) is 0 Å². The van der Waals surface area contributed by atoms with E-state index in [0.29, 0.717) is 28.2 Å². The number of anilines is 1. The van der Waals surface area contributed by atoms with Crippen molar-refractivity contribution in [2.75, 3.05) is 32.8 Å². The normalized spacial score (nSPS) is 13.7. The van der Waals surface area contributed by atoms with Gasteiger partial charge in [-0.15, -0.1) is 0 Å². The molecule has 0 radical (unpaired) electrons. The van der Waals surface area contributed by atoms with Crippen molar-refractivity contribution in [3.63, 3.8) is 0 Å². The number of methoxy groups -OCH3 is 2. The van der Waals surface area contributed by atoms with Crippen molar-refractivity contribution in [3.8, 4) is 11.5 Å². The number of carbonyl (C=O) groups excluding carboxylic acids is 1. The molecule has 1 unspecified atom stereocenters. The lowest BCUT2D eigenvalue weighted by Gasteiger charge is -2.43. The van der Waals surface area contributed by atoms with Gasteiger partial charge in [-0.05, 0) is 41.0 Å². The Hall–Kier alpha value is -5.08. The summed E-state index contributed by atoms with van der Waals surface area (Å²) in [6.45, 7) is 2.09. The fourth-order valence-electron chi connectivity index (χ4n) is 5.77. The molecular formula is C35H39N5O8. The molecule has 5 aromatic rings. The second-order valence-corrected chi connectivity index (χ2v) is 11.5. The smallest absolute Gasteiger partial charge is 0.280 e. The molecule has 0 fully saturated rings. The van der Waals surface area contributed by atoms with E-state index in [9.17, 15) is 24.9 Å². The summed E-state index contributed by atoms with van der Waals surface area (Å²) in [7, 11) is 3.12. The molecule has 2 aromatic heterocycles. The summed E-state index contributed by atoms with van der Waals surface area (Å²) < 4.78 is 18.4. The molecule has 13 heteroatoms. The Balaban J connectivity index is 1.63. The highest BCUT2D eigenvalue weighted by atomic mass is 16.5. The van der Waals surface area contributed by atoms with Crippen LogP contribution in [0.15, 0.2) is 90.0 Å². The molecule has 0 saturated carbocycles. The lowest BCUT2D eigenvalue weighted by Crippen LogP contribution is -2.51. The zero-order valence-electron chi connectivity index (χ0n) is 27.0. The van der Waals surface area contributed by atoms with E-state index in [1.165, 1.54) is 10.9 Å². The first-order valence-corrected chi connectivity index (χ1v) is 15.3. The number of ether oxygens (including phenoxy) is 3. The third kappa shape index (κ3) is 6.53. The van der Waals surface area contributed by atoms with E-state index in [2.05, 4.69) is 20.3 Å². The zero-order chi connectivity index (χ0) is 34.4. The maximum absolute atomic E-state index is 12.8. The molecule has 0 spiro atoms. The van der Waals surface area contributed by atoms with Crippen molar-refractivity contribution < 1.29 is 34.3 Å². The summed E-state index contributed by atoms with van der Waals surface area (Å²) in [5.41, 5.74) is 0.0488. The number of imidazole rings is 1. The largest absolute Gasteiger partial charge is 0.497 e. The van der Waals surface area contributed by atoms with Gasteiger partial charge in [0.25, 0.3) is 5.56 Å². The molecular weight excluding hydrogens is 618 g/mol. The SMILES string of the molecule is COc1ccc(C(c2ccccc2)(c2ccc(OC)cc2)C(O)[C@H](CO)O[C@H](CO)n2cnc3c(=O)[nH]c(NC(=O)C(C)C)nc32)cc1. The van der Waals surface area contributed by atoms with E-state index >= 15 is 0 Å². The second kappa shape index (κ2) is 14.8. The first-order chi connectivity index (χ1) is 23.2. The van der Waals surface area contributed by atoms with Crippen molar-refractivity contribution in [3.05, 3.63) is 112 Å². The lowest BCUT2D eigenvalue weighted by atomic mass is 9.64. The number of carbonyl (C=O) groups is 1. The van der Waals surface area contributed by atoms with Crippen molar-refractivity contribution in [2.45, 2.75) is 37.7 Å². The number of rotatable bonds is 14. The number of hydrogen-bond donors (Lipinski definition) is 5. The summed E-state index contributed by atoms with van der Waals surface area (Å²) in [4.78, 5) is 36.2. The summed E-state index contributed by atoms with van der Waals surface area (Å²) in [5, 5.41) is 36.5. The van der Waals surface area contributed by atoms with E-state index in [1.54, 1.807) is 52.3 Å². The van der Waals surface area contributed by atoms with Crippen LogP contribution in [0.4, 0.5) is 5.95 Å². The summed E-state index contributed by atoms with van der Waals surface area (Å²) >= 11 is 0. The Morgan fingerprint density at radius 1 is 0.896 bits per heavy atom. The van der Waals surface area contributed by atoms with Crippen LogP contribution in [-0.4, -0.2) is 80.4 Å². The fourth-order valence-corrected chi connectivity index (χ4v) is 5.77. The van der Waals surface area contributed by atoms with E-state index in [1.807, 2.05) is 54.6 Å². The van der Waals surface area contributed by atoms with Crippen LogP contribution < -0.4 is 20.3 Å². The van der Waals surface area contributed by atoms with Gasteiger partial charge in [-0.2, -0.15) is 4.98 Å². The fraction of sp³-hybridized carbons (Fsp3) is 0.314. The minimum Gasteiger partial charge on any atom is -0.497 e. The lowest BCUT2D eigenvalue weighted by molar-refractivity contribution is -0.145. The number of H-pyrrole nitrogens is 1. The molecule has 5 rings (SSSR count). The van der Waals surface area contributed by atoms with Gasteiger partial charge in [0.15, 0.2) is 17.4 Å². The standard InChI is InChI=1S/C35H39N5O8/c1-21(2)32(44)38-34-37-31-29(33(45)39-34)36-20-40(31)28(19-42)48-27(18-41)30(43)35(22-8-6-5-7-9-22,23-10-14-25(46-3)15-11-23)24-12-16-26(47-4)17-13-24/h5-17,20-21,27-28,30,41-43H,18-19H2,1-4H3,(H2,37,38,39,44,45)/t27-,28+,30?/m0/s1. The quantitative estimate of drug-likeness (QED) is 0.111. The number of nitrogens with zero attached hydrogens (tertiary/aromatic N) is 3. The minimum absolute atomic E-state index is 0.0164. The van der Waals surface area contributed by atoms with Crippen LogP contribution in [0.5, 0.6) is 11.5 Å². The Bertz CT molecular complexity index is 1830. The van der Waals surface area contributed by atoms with Gasteiger partial charge in [-0.3, -0.25) is 24.5 Å². The summed E-state index contributed by atoms with van der Waals surface area (Å²) in [6, 6.07) is 23.8. The third-order valence-electron chi connectivity index (χ3n) is 8.29. The number of amides is 1. The first kappa shape index (κ1) is 34.3. The Morgan fingerprint density at radius 3 is 1.96 bits per heavy atom. The number of aliphatic hydroxyl groups is 3. The highest BCUT2D eigenvalue weighted by Crippen LogP contribution is 2.45. The number of benzene rings is 3. The topological polar surface area (TPSA) is 181 Å². The van der Waals surface area contributed by atoms with Crippen LogP contribution >= 0.6 is 0 Å². The van der Waals surface area contributed by atoms with Crippen molar-refractivity contribution in [2.24, 2.45) is 5.92 Å². The Labute approximate surface area is 276 Å². The van der Waals surface area contributed by atoms with Crippen LogP contribution in [0, 0.1) is 5.92 Å². The molecule has 48 heavy (non-hydrogen) atoms. The summed E-state index contributed by atoms with van der Waals surface area (Å²) in [5.74, 6) is 0.372. The average Bonchev–Trinajstić information content (AvgIpc) is 3.54. The van der Waals surface area contributed by atoms with Crippen molar-refractivity contribution in [1.29, 1.82) is 0 Å². The molecule has 0 aliphatic carbocycles. The maximum atomic E-state index is 12.8. The van der Waals surface area contributed by atoms with Gasteiger partial charge in [-0.1, -0.05) is 68.4 Å². The van der Waals surface area contributed by atoms with Crippen molar-refractivity contribution >= 4 is 23.0 Å². The molecule has 3 aromatic carbocycles. The number of fused-ring (bicyclic) bond motifs is 1. The number of nitrogens with one attached hydrogen (secondary N) is 2. The number of aromatic nitrogens is 4. The van der Waals surface area contributed by atoms with Gasteiger partial charge >= 0.3 is 0 Å². The summed E-state index contributed by atoms with van der Waals surface area (Å²) in [6.07, 6.45) is -2.77. The first-order valence-electron chi connectivity index (χ1n) is 15.3. The van der Waals surface area contributed by atoms with Gasteiger partial charge in [0.1, 0.15) is 23.7 Å².